The Kier molecular flexibility index (Phi) is 5.93. The first-order valence-corrected chi connectivity index (χ1v) is 6.24. The molecular formula is C14H12Cl2F3NO2. The van der Waals surface area contributed by atoms with E-state index in [2.05, 4.69) is 4.74 Å². The number of hydrogen-bond donors (Lipinski definition) is 2. The molecule has 0 heterocycles. The number of ether oxygens (including phenoxy) is 1. The predicted octanol–water partition coefficient (Wildman–Crippen LogP) is 4.41. The summed E-state index contributed by atoms with van der Waals surface area (Å²) in [6.07, 6.45) is -4.74. The molecule has 2 aromatic carbocycles. The quantitative estimate of drug-likeness (QED) is 0.858. The number of phenolic OH excluding ortho intramolecular Hbond substituents is 1. The monoisotopic (exact) mass is 353 g/mol. The molecule has 1 atom stereocenters. The van der Waals surface area contributed by atoms with Gasteiger partial charge in [0.05, 0.1) is 11.1 Å². The lowest BCUT2D eigenvalue weighted by atomic mass is 9.99. The highest BCUT2D eigenvalue weighted by Crippen LogP contribution is 2.34. The summed E-state index contributed by atoms with van der Waals surface area (Å²) in [5.74, 6) is -0.490. The number of alkyl halides is 3. The van der Waals surface area contributed by atoms with Crippen LogP contribution < -0.4 is 10.5 Å². The topological polar surface area (TPSA) is 55.5 Å². The van der Waals surface area contributed by atoms with Crippen LogP contribution in [0.25, 0.3) is 0 Å². The highest BCUT2D eigenvalue weighted by atomic mass is 35.5. The van der Waals surface area contributed by atoms with Crippen LogP contribution in [0.2, 0.25) is 5.02 Å². The maximum absolute atomic E-state index is 12.1. The van der Waals surface area contributed by atoms with E-state index < -0.39 is 12.4 Å². The van der Waals surface area contributed by atoms with Crippen molar-refractivity contribution in [3.63, 3.8) is 0 Å². The second-order valence-electron chi connectivity index (χ2n) is 4.27. The fraction of sp³-hybridized carbons (Fsp3) is 0.143. The highest BCUT2D eigenvalue weighted by Gasteiger charge is 2.31. The molecule has 0 unspecified atom stereocenters. The van der Waals surface area contributed by atoms with Crippen molar-refractivity contribution >= 4 is 24.0 Å². The average Bonchev–Trinajstić information content (AvgIpc) is 2.40. The van der Waals surface area contributed by atoms with E-state index >= 15 is 0 Å². The van der Waals surface area contributed by atoms with Gasteiger partial charge in [0.15, 0.2) is 0 Å². The summed E-state index contributed by atoms with van der Waals surface area (Å²) in [5, 5.41) is 10.0. The van der Waals surface area contributed by atoms with E-state index in [-0.39, 0.29) is 28.9 Å². The molecule has 0 aliphatic carbocycles. The fourth-order valence-corrected chi connectivity index (χ4v) is 2.02. The lowest BCUT2D eigenvalue weighted by Crippen LogP contribution is -2.17. The second-order valence-corrected chi connectivity index (χ2v) is 4.68. The van der Waals surface area contributed by atoms with Gasteiger partial charge in [0, 0.05) is 5.56 Å². The maximum Gasteiger partial charge on any atom is 0.573 e. The Morgan fingerprint density at radius 2 is 1.68 bits per heavy atom. The first-order chi connectivity index (χ1) is 9.78. The average molecular weight is 354 g/mol. The number of rotatable bonds is 3. The smallest absolute Gasteiger partial charge is 0.506 e. The molecule has 3 nitrogen and oxygen atoms in total. The zero-order valence-electron chi connectivity index (χ0n) is 11.0. The van der Waals surface area contributed by atoms with Gasteiger partial charge in [-0.05, 0) is 23.8 Å². The molecule has 2 aromatic rings. The van der Waals surface area contributed by atoms with Gasteiger partial charge in [0.1, 0.15) is 11.5 Å². The Bertz CT molecular complexity index is 633. The Hall–Kier alpha value is -1.63. The molecule has 22 heavy (non-hydrogen) atoms. The van der Waals surface area contributed by atoms with Gasteiger partial charge >= 0.3 is 6.36 Å². The molecule has 0 aliphatic rings. The number of hydrogen-bond acceptors (Lipinski definition) is 3. The SMILES string of the molecule is Cl.N[C@@H](c1ccc(OC(F)(F)F)cc1)c1cccc(Cl)c1O. The Labute approximate surface area is 135 Å². The van der Waals surface area contributed by atoms with Crippen molar-refractivity contribution in [2.75, 3.05) is 0 Å². The van der Waals surface area contributed by atoms with E-state index in [1.165, 1.54) is 18.2 Å². The van der Waals surface area contributed by atoms with Crippen LogP contribution in [0.5, 0.6) is 11.5 Å². The van der Waals surface area contributed by atoms with Gasteiger partial charge in [0.25, 0.3) is 0 Å². The maximum atomic E-state index is 12.1. The van der Waals surface area contributed by atoms with Crippen LogP contribution in [-0.4, -0.2) is 11.5 Å². The standard InChI is InChI=1S/C14H11ClF3NO2.ClH/c15-11-3-1-2-10(13(11)20)12(19)8-4-6-9(7-5-8)21-14(16,17)18;/h1-7,12,20H,19H2;1H/t12-;/m0./s1. The number of para-hydroxylation sites is 1. The van der Waals surface area contributed by atoms with Crippen LogP contribution in [0.15, 0.2) is 42.5 Å². The zero-order valence-corrected chi connectivity index (χ0v) is 12.5. The molecule has 120 valence electrons. The van der Waals surface area contributed by atoms with E-state index in [0.29, 0.717) is 11.1 Å². The van der Waals surface area contributed by atoms with Crippen LogP contribution in [-0.2, 0) is 0 Å². The van der Waals surface area contributed by atoms with Gasteiger partial charge in [-0.1, -0.05) is 35.9 Å². The number of benzene rings is 2. The summed E-state index contributed by atoms with van der Waals surface area (Å²) in [4.78, 5) is 0. The lowest BCUT2D eigenvalue weighted by Gasteiger charge is -2.15. The van der Waals surface area contributed by atoms with Crippen LogP contribution >= 0.6 is 24.0 Å². The molecule has 0 aromatic heterocycles. The molecule has 0 amide bonds. The molecule has 2 rings (SSSR count). The zero-order chi connectivity index (χ0) is 15.6. The van der Waals surface area contributed by atoms with Crippen LogP contribution in [0.1, 0.15) is 17.2 Å². The van der Waals surface area contributed by atoms with Crippen LogP contribution in [0.4, 0.5) is 13.2 Å². The molecule has 0 aliphatic heterocycles. The van der Waals surface area contributed by atoms with Crippen molar-refractivity contribution in [2.24, 2.45) is 5.73 Å². The number of phenols is 1. The molecule has 0 bridgehead atoms. The van der Waals surface area contributed by atoms with Crippen molar-refractivity contribution in [2.45, 2.75) is 12.4 Å². The summed E-state index contributed by atoms with van der Waals surface area (Å²) in [6, 6.07) is 9.11. The van der Waals surface area contributed by atoms with Gasteiger partial charge in [-0.3, -0.25) is 0 Å². The van der Waals surface area contributed by atoms with Gasteiger partial charge < -0.3 is 15.6 Å². The lowest BCUT2D eigenvalue weighted by molar-refractivity contribution is -0.274. The predicted molar refractivity (Wildman–Crippen MR) is 79.5 cm³/mol. The normalized spacial score (nSPS) is 12.4. The van der Waals surface area contributed by atoms with Gasteiger partial charge in [-0.2, -0.15) is 0 Å². The van der Waals surface area contributed by atoms with E-state index in [0.717, 1.165) is 12.1 Å². The third kappa shape index (κ3) is 4.43. The van der Waals surface area contributed by atoms with Crippen molar-refractivity contribution in [1.82, 2.24) is 0 Å². The Balaban J connectivity index is 0.00000242. The van der Waals surface area contributed by atoms with Crippen molar-refractivity contribution in [1.29, 1.82) is 0 Å². The number of nitrogens with two attached hydrogens (primary N) is 1. The number of halogens is 5. The third-order valence-corrected chi connectivity index (χ3v) is 3.13. The summed E-state index contributed by atoms with van der Waals surface area (Å²) in [7, 11) is 0. The minimum absolute atomic E-state index is 0. The van der Waals surface area contributed by atoms with E-state index in [4.69, 9.17) is 17.3 Å². The van der Waals surface area contributed by atoms with E-state index in [1.54, 1.807) is 12.1 Å². The molecule has 0 radical (unpaired) electrons. The van der Waals surface area contributed by atoms with E-state index in [9.17, 15) is 18.3 Å². The fourth-order valence-electron chi connectivity index (χ4n) is 1.84. The minimum Gasteiger partial charge on any atom is -0.506 e. The van der Waals surface area contributed by atoms with Crippen molar-refractivity contribution in [3.8, 4) is 11.5 Å². The summed E-state index contributed by atoms with van der Waals surface area (Å²) < 4.78 is 40.0. The van der Waals surface area contributed by atoms with Gasteiger partial charge in [-0.15, -0.1) is 25.6 Å². The van der Waals surface area contributed by atoms with Gasteiger partial charge in [0.2, 0.25) is 0 Å². The minimum atomic E-state index is -4.74. The molecular weight excluding hydrogens is 342 g/mol. The first-order valence-electron chi connectivity index (χ1n) is 5.86. The second kappa shape index (κ2) is 7.09. The van der Waals surface area contributed by atoms with Gasteiger partial charge in [-0.25, -0.2) is 0 Å². The Morgan fingerprint density at radius 3 is 2.23 bits per heavy atom. The summed E-state index contributed by atoms with van der Waals surface area (Å²) >= 11 is 5.79. The molecule has 3 N–H and O–H groups in total. The summed E-state index contributed by atoms with van der Waals surface area (Å²) in [5.41, 5.74) is 6.88. The highest BCUT2D eigenvalue weighted by molar-refractivity contribution is 6.32. The van der Waals surface area contributed by atoms with E-state index in [1.807, 2.05) is 0 Å². The Morgan fingerprint density at radius 1 is 1.09 bits per heavy atom. The molecule has 0 saturated carbocycles. The molecule has 8 heteroatoms. The van der Waals surface area contributed by atoms with Crippen molar-refractivity contribution < 1.29 is 23.0 Å². The molecule has 0 spiro atoms. The molecule has 0 fully saturated rings. The third-order valence-electron chi connectivity index (χ3n) is 2.83. The largest absolute Gasteiger partial charge is 0.573 e. The first kappa shape index (κ1) is 18.4. The number of aromatic hydroxyl groups is 1. The van der Waals surface area contributed by atoms with Crippen molar-refractivity contribution in [3.05, 3.63) is 58.6 Å². The van der Waals surface area contributed by atoms with Crippen LogP contribution in [0, 0.1) is 0 Å². The summed E-state index contributed by atoms with van der Waals surface area (Å²) in [6.45, 7) is 0. The molecule has 0 saturated heterocycles. The van der Waals surface area contributed by atoms with Crippen LogP contribution in [0.3, 0.4) is 0 Å².